The third kappa shape index (κ3) is 2.63. The van der Waals surface area contributed by atoms with Gasteiger partial charge in [-0.15, -0.1) is 0 Å². The molecule has 0 N–H and O–H groups in total. The van der Waals surface area contributed by atoms with Gasteiger partial charge in [0.2, 0.25) is 5.89 Å². The smallest absolute Gasteiger partial charge is 0.339 e. The molecule has 0 saturated carbocycles. The van der Waals surface area contributed by atoms with Gasteiger partial charge in [0.05, 0.1) is 11.8 Å². The van der Waals surface area contributed by atoms with Crippen LogP contribution in [0.15, 0.2) is 69.9 Å². The topological polar surface area (TPSA) is 43.1 Å². The van der Waals surface area contributed by atoms with Crippen LogP contribution in [0.2, 0.25) is 5.02 Å². The lowest BCUT2D eigenvalue weighted by Gasteiger charge is -2.03. The molecule has 0 spiro atoms. The van der Waals surface area contributed by atoms with E-state index in [9.17, 15) is 4.79 Å². The first-order valence-corrected chi connectivity index (χ1v) is 6.44. The minimum atomic E-state index is -0.436. The molecule has 0 saturated heterocycles. The third-order valence-corrected chi connectivity index (χ3v) is 3.05. The standard InChI is InChI=1S/C16H10ClNO2/c17-13-8-4-7-12(9-13)16-18-14(10-15(19)20-16)11-5-2-1-3-6-11/h1-10H. The number of hydrogen-bond acceptors (Lipinski definition) is 3. The Labute approximate surface area is 120 Å². The van der Waals surface area contributed by atoms with Gasteiger partial charge in [-0.2, -0.15) is 0 Å². The first kappa shape index (κ1) is 12.6. The third-order valence-electron chi connectivity index (χ3n) is 2.81. The fraction of sp³-hybridized carbons (Fsp3) is 0. The molecule has 3 nitrogen and oxygen atoms in total. The molecule has 1 aromatic heterocycles. The highest BCUT2D eigenvalue weighted by Gasteiger charge is 2.08. The maximum absolute atomic E-state index is 11.7. The zero-order valence-corrected chi connectivity index (χ0v) is 11.2. The van der Waals surface area contributed by atoms with Crippen molar-refractivity contribution in [3.8, 4) is 22.7 Å². The minimum absolute atomic E-state index is 0.263. The van der Waals surface area contributed by atoms with Crippen LogP contribution in [-0.4, -0.2) is 4.98 Å². The van der Waals surface area contributed by atoms with Crippen LogP contribution in [0.1, 0.15) is 0 Å². The predicted octanol–water partition coefficient (Wildman–Crippen LogP) is 4.02. The summed E-state index contributed by atoms with van der Waals surface area (Å²) in [5.74, 6) is 0.263. The second kappa shape index (κ2) is 5.31. The van der Waals surface area contributed by atoms with E-state index in [1.807, 2.05) is 30.3 Å². The number of halogens is 1. The van der Waals surface area contributed by atoms with Gasteiger partial charge in [-0.1, -0.05) is 48.0 Å². The van der Waals surface area contributed by atoms with Crippen LogP contribution >= 0.6 is 11.6 Å². The second-order valence-electron chi connectivity index (χ2n) is 4.24. The summed E-state index contributed by atoms with van der Waals surface area (Å²) in [6.07, 6.45) is 0. The van der Waals surface area contributed by atoms with Crippen LogP contribution in [0.5, 0.6) is 0 Å². The van der Waals surface area contributed by atoms with Crippen molar-refractivity contribution in [3.05, 3.63) is 76.1 Å². The molecule has 0 atom stereocenters. The molecule has 3 aromatic rings. The van der Waals surface area contributed by atoms with E-state index in [1.165, 1.54) is 6.07 Å². The summed E-state index contributed by atoms with van der Waals surface area (Å²) in [5, 5.41) is 0.567. The SMILES string of the molecule is O=c1cc(-c2ccccc2)nc(-c2cccc(Cl)c2)o1. The molecule has 2 aromatic carbocycles. The van der Waals surface area contributed by atoms with Crippen LogP contribution in [0.3, 0.4) is 0 Å². The van der Waals surface area contributed by atoms with Gasteiger partial charge in [0, 0.05) is 16.1 Å². The van der Waals surface area contributed by atoms with E-state index in [0.29, 0.717) is 16.3 Å². The largest absolute Gasteiger partial charge is 0.404 e. The summed E-state index contributed by atoms with van der Waals surface area (Å²) >= 11 is 5.94. The molecular weight excluding hydrogens is 274 g/mol. The lowest BCUT2D eigenvalue weighted by atomic mass is 10.1. The van der Waals surface area contributed by atoms with Gasteiger partial charge < -0.3 is 4.42 Å². The quantitative estimate of drug-likeness (QED) is 0.713. The first-order valence-electron chi connectivity index (χ1n) is 6.06. The van der Waals surface area contributed by atoms with E-state index in [1.54, 1.807) is 24.3 Å². The molecule has 98 valence electrons. The lowest BCUT2D eigenvalue weighted by Crippen LogP contribution is -2.01. The fourth-order valence-corrected chi connectivity index (χ4v) is 2.09. The van der Waals surface area contributed by atoms with Gasteiger partial charge in [-0.05, 0) is 18.2 Å². The minimum Gasteiger partial charge on any atom is -0.404 e. The summed E-state index contributed by atoms with van der Waals surface area (Å²) in [5.41, 5.74) is 1.68. The molecule has 3 rings (SSSR count). The van der Waals surface area contributed by atoms with Crippen LogP contribution in [0, 0.1) is 0 Å². The molecule has 0 amide bonds. The van der Waals surface area contributed by atoms with E-state index >= 15 is 0 Å². The van der Waals surface area contributed by atoms with E-state index in [2.05, 4.69) is 4.98 Å². The predicted molar refractivity (Wildman–Crippen MR) is 78.7 cm³/mol. The summed E-state index contributed by atoms with van der Waals surface area (Å²) in [6.45, 7) is 0. The lowest BCUT2D eigenvalue weighted by molar-refractivity contribution is 0.508. The normalized spacial score (nSPS) is 10.4. The Hall–Kier alpha value is -2.39. The Balaban J connectivity index is 2.15. The molecule has 0 bridgehead atoms. The monoisotopic (exact) mass is 283 g/mol. The van der Waals surface area contributed by atoms with Crippen LogP contribution in [-0.2, 0) is 0 Å². The van der Waals surface area contributed by atoms with Gasteiger partial charge in [0.25, 0.3) is 0 Å². The van der Waals surface area contributed by atoms with Crippen molar-refractivity contribution < 1.29 is 4.42 Å². The van der Waals surface area contributed by atoms with Crippen LogP contribution < -0.4 is 5.63 Å². The Morgan fingerprint density at radius 1 is 0.900 bits per heavy atom. The summed E-state index contributed by atoms with van der Waals surface area (Å²) < 4.78 is 5.16. The molecule has 0 aliphatic carbocycles. The first-order chi connectivity index (χ1) is 9.72. The molecule has 20 heavy (non-hydrogen) atoms. The summed E-state index contributed by atoms with van der Waals surface area (Å²) in [6, 6.07) is 17.9. The van der Waals surface area contributed by atoms with Crippen LogP contribution in [0.4, 0.5) is 0 Å². The van der Waals surface area contributed by atoms with Gasteiger partial charge in [0.1, 0.15) is 0 Å². The van der Waals surface area contributed by atoms with E-state index in [-0.39, 0.29) is 5.89 Å². The summed E-state index contributed by atoms with van der Waals surface area (Å²) in [7, 11) is 0. The van der Waals surface area contributed by atoms with Crippen molar-refractivity contribution in [1.82, 2.24) is 4.98 Å². The van der Waals surface area contributed by atoms with Gasteiger partial charge in [-0.25, -0.2) is 9.78 Å². The summed E-state index contributed by atoms with van der Waals surface area (Å²) in [4.78, 5) is 16.1. The molecule has 1 heterocycles. The Kier molecular flexibility index (Phi) is 3.35. The average molecular weight is 284 g/mol. The number of rotatable bonds is 2. The van der Waals surface area contributed by atoms with Crippen molar-refractivity contribution >= 4 is 11.6 Å². The van der Waals surface area contributed by atoms with E-state index in [4.69, 9.17) is 16.0 Å². The van der Waals surface area contributed by atoms with Gasteiger partial charge in [0.15, 0.2) is 0 Å². The highest BCUT2D eigenvalue weighted by Crippen LogP contribution is 2.23. The van der Waals surface area contributed by atoms with Crippen molar-refractivity contribution in [1.29, 1.82) is 0 Å². The van der Waals surface area contributed by atoms with Gasteiger partial charge in [-0.3, -0.25) is 0 Å². The van der Waals surface area contributed by atoms with E-state index in [0.717, 1.165) is 5.56 Å². The molecular formula is C16H10ClNO2. The highest BCUT2D eigenvalue weighted by molar-refractivity contribution is 6.30. The van der Waals surface area contributed by atoms with E-state index < -0.39 is 5.63 Å². The van der Waals surface area contributed by atoms with Crippen molar-refractivity contribution in [3.63, 3.8) is 0 Å². The molecule has 0 unspecified atom stereocenters. The Morgan fingerprint density at radius 3 is 2.40 bits per heavy atom. The molecule has 0 radical (unpaired) electrons. The number of hydrogen-bond donors (Lipinski definition) is 0. The van der Waals surface area contributed by atoms with Crippen molar-refractivity contribution in [2.75, 3.05) is 0 Å². The maximum Gasteiger partial charge on any atom is 0.339 e. The van der Waals surface area contributed by atoms with Crippen molar-refractivity contribution in [2.45, 2.75) is 0 Å². The number of nitrogens with zero attached hydrogens (tertiary/aromatic N) is 1. The zero-order chi connectivity index (χ0) is 13.9. The van der Waals surface area contributed by atoms with Crippen LogP contribution in [0.25, 0.3) is 22.7 Å². The Morgan fingerprint density at radius 2 is 1.65 bits per heavy atom. The number of aromatic nitrogens is 1. The molecule has 0 aliphatic heterocycles. The van der Waals surface area contributed by atoms with Gasteiger partial charge >= 0.3 is 5.63 Å². The maximum atomic E-state index is 11.7. The van der Waals surface area contributed by atoms with Crippen molar-refractivity contribution in [2.24, 2.45) is 0 Å². The molecule has 0 aliphatic rings. The second-order valence-corrected chi connectivity index (χ2v) is 4.68. The highest BCUT2D eigenvalue weighted by atomic mass is 35.5. The fourth-order valence-electron chi connectivity index (χ4n) is 1.90. The Bertz CT molecular complexity index is 797. The molecule has 4 heteroatoms. The zero-order valence-electron chi connectivity index (χ0n) is 10.4. The average Bonchev–Trinajstić information content (AvgIpc) is 2.47. The number of benzene rings is 2. The molecule has 0 fully saturated rings.